The number of fused-ring (bicyclic) bond motifs is 2. The van der Waals surface area contributed by atoms with E-state index in [9.17, 15) is 79.5 Å². The number of H-pyrrole nitrogens is 4. The van der Waals surface area contributed by atoms with Gasteiger partial charge in [-0.3, -0.25) is 47.9 Å². The number of aromatic amines is 4. The highest BCUT2D eigenvalue weighted by Crippen LogP contribution is 2.34. The molecule has 5 amide bonds. The van der Waals surface area contributed by atoms with Crippen LogP contribution in [0, 0.1) is 84.5 Å². The fraction of sp³-hybridized carbons (Fsp3) is 0.464. The molecule has 0 aliphatic carbocycles. The average Bonchev–Trinajstić information content (AvgIpc) is 1.61. The Bertz CT molecular complexity index is 6900. The highest BCUT2D eigenvalue weighted by molar-refractivity contribution is 6.10. The topological polar surface area (TPSA) is 405 Å². The predicted molar refractivity (Wildman–Crippen MR) is 553 cm³/mol. The smallest absolute Gasteiger partial charge is 0.340 e. The highest BCUT2D eigenvalue weighted by Gasteiger charge is 2.36. The number of carboxylic acids is 1. The van der Waals surface area contributed by atoms with E-state index in [1.165, 1.54) is 74.9 Å². The number of aromatic nitrogens is 8. The number of hydrogen-bond donors (Lipinski definition) is 5. The van der Waals surface area contributed by atoms with Crippen molar-refractivity contribution in [2.45, 2.75) is 217 Å². The number of hydrogen-bond acceptors (Lipinski definition) is 21. The summed E-state index contributed by atoms with van der Waals surface area (Å²) in [6.45, 7) is 32.7. The van der Waals surface area contributed by atoms with Gasteiger partial charge in [0.1, 0.15) is 29.1 Å². The maximum absolute atomic E-state index is 14.6. The Balaban J connectivity index is 0.000000167. The van der Waals surface area contributed by atoms with E-state index in [2.05, 4.69) is 30.4 Å². The van der Waals surface area contributed by atoms with Crippen LogP contribution in [0.4, 0.5) is 22.0 Å². The van der Waals surface area contributed by atoms with E-state index in [1.807, 2.05) is 73.9 Å². The number of methoxy groups -OCH3 is 2. The monoisotopic (exact) mass is 2080 g/mol. The van der Waals surface area contributed by atoms with Crippen molar-refractivity contribution in [3.05, 3.63) is 276 Å². The van der Waals surface area contributed by atoms with Gasteiger partial charge in [0.05, 0.1) is 123 Å². The van der Waals surface area contributed by atoms with Gasteiger partial charge in [-0.1, -0.05) is 30.3 Å². The van der Waals surface area contributed by atoms with Crippen molar-refractivity contribution < 1.29 is 108 Å². The number of halogens is 5. The molecule has 5 aliphatic rings. The molecule has 5 N–H and O–H groups in total. The first-order chi connectivity index (χ1) is 71.7. The van der Waals surface area contributed by atoms with Crippen LogP contribution in [-0.4, -0.2) is 271 Å². The third-order valence-electron chi connectivity index (χ3n) is 28.5. The molecule has 5 aromatic carbocycles. The van der Waals surface area contributed by atoms with E-state index in [4.69, 9.17) is 38.3 Å². The maximum atomic E-state index is 14.6. The number of piperidine rings is 5. The number of rotatable bonds is 29. The first-order valence-electron chi connectivity index (χ1n) is 51.0. The summed E-state index contributed by atoms with van der Waals surface area (Å²) >= 11 is 0. The predicted octanol–water partition coefficient (Wildman–Crippen LogP) is 15.8. The summed E-state index contributed by atoms with van der Waals surface area (Å²) in [7, 11) is 6.22. The van der Waals surface area contributed by atoms with Crippen LogP contribution in [0.1, 0.15) is 277 Å². The minimum atomic E-state index is -1.01. The Hall–Kier alpha value is -14.0. The van der Waals surface area contributed by atoms with E-state index in [1.54, 1.807) is 88.1 Å². The number of carbonyl (C=O) groups is 10. The van der Waals surface area contributed by atoms with Gasteiger partial charge < -0.3 is 81.9 Å². The van der Waals surface area contributed by atoms with Crippen LogP contribution in [0.25, 0.3) is 21.5 Å². The number of esters is 2. The Morgan fingerprint density at radius 2 is 0.593 bits per heavy atom. The van der Waals surface area contributed by atoms with Gasteiger partial charge in [0, 0.05) is 195 Å². The molecule has 33 nitrogen and oxygen atoms in total. The van der Waals surface area contributed by atoms with Crippen molar-refractivity contribution in [3.8, 4) is 0 Å². The molecule has 0 saturated carbocycles. The van der Waals surface area contributed by atoms with Gasteiger partial charge in [0.25, 0.3) is 40.7 Å². The van der Waals surface area contributed by atoms with Crippen molar-refractivity contribution in [2.24, 2.45) is 14.1 Å². The summed E-state index contributed by atoms with van der Waals surface area (Å²) in [6.07, 6.45) is 8.42. The molecule has 150 heavy (non-hydrogen) atoms. The Morgan fingerprint density at radius 3 is 0.920 bits per heavy atom. The number of nitrogens with zero attached hydrogens (tertiary/aromatic N) is 9. The fourth-order valence-electron chi connectivity index (χ4n) is 20.3. The molecule has 11 heterocycles. The van der Waals surface area contributed by atoms with Crippen molar-refractivity contribution in [1.29, 1.82) is 0 Å². The van der Waals surface area contributed by atoms with Gasteiger partial charge in [-0.25, -0.2) is 41.7 Å². The molecule has 0 atom stereocenters. The number of carbonyl (C=O) groups excluding carboxylic acids is 9. The molecule has 11 aromatic rings. The Morgan fingerprint density at radius 1 is 0.333 bits per heavy atom. The summed E-state index contributed by atoms with van der Waals surface area (Å²) < 4.78 is 114. The zero-order valence-electron chi connectivity index (χ0n) is 88.4. The van der Waals surface area contributed by atoms with E-state index < -0.39 is 58.8 Å². The first-order valence-corrected chi connectivity index (χ1v) is 51.0. The number of ketones is 2. The molecular weight excluding hydrogens is 1940 g/mol. The van der Waals surface area contributed by atoms with Crippen molar-refractivity contribution in [2.75, 3.05) is 113 Å². The van der Waals surface area contributed by atoms with Crippen LogP contribution in [0.5, 0.6) is 0 Å². The summed E-state index contributed by atoms with van der Waals surface area (Å²) in [5.41, 5.74) is 10.6. The van der Waals surface area contributed by atoms with Gasteiger partial charge in [0.2, 0.25) is 0 Å². The molecule has 5 fully saturated rings. The number of aliphatic carboxylic acids is 1. The quantitative estimate of drug-likeness (QED) is 0.0165. The molecule has 804 valence electrons. The number of ether oxygens (including phenoxy) is 7. The number of nitrogens with one attached hydrogen (secondary N) is 4. The number of likely N-dealkylation sites (tertiary alicyclic amines) is 5. The third-order valence-corrected chi connectivity index (χ3v) is 28.5. The SMILES string of the molecule is CCOC1CCN(C(=O)c2cc(CC(=O)O)ccc2F)CC1.CCOC1CCN(C(=O)c2cc(CC(=O)c3c(C(=O)OC)c(C)n(C)c3C)ccc2F)CC1.CCOC1CCN(C(=O)c2cc(CC(=O)c3c(C)[nH]c(C)c3C(=O)OC)ccc2F)CC1.CCOC1CCN(C(=O)c2cc(Cc3n[nH]c(=O)c4c(C)[nH]c(C)c34)ccc2F)CC1.CCOC1CCN(C(=O)c2cc(Cc3n[nH]c(=O)c4c(C)n(C)c(C)c34)ccc2F)CC1. The molecular formula is C112H136F5N13O20. The Labute approximate surface area is 867 Å². The zero-order valence-corrected chi connectivity index (χ0v) is 88.4. The van der Waals surface area contributed by atoms with Gasteiger partial charge in [-0.2, -0.15) is 10.2 Å². The zero-order chi connectivity index (χ0) is 109. The molecule has 16 rings (SSSR count). The van der Waals surface area contributed by atoms with Crippen LogP contribution >= 0.6 is 0 Å². The standard InChI is InChI=1S/C25H31FN2O5.C24H29FN4O3.C24H29FN2O5.C23H27FN4O3.C16H20FNO4/c1-6-33-18-9-11-28(12-10-18)24(30)19-13-17(7-8-20(19)26)14-21(29)22-15(2)27(4)16(3)23(22)25(31)32-5;1-5-32-17-8-10-29(11-9-17)24(31)18-12-16(6-7-19(18)25)13-20-21-14(2)28(4)15(3)22(21)23(30)27-26-20;1-5-32-17-8-10-27(11-9-17)23(29)18-12-16(6-7-19(18)25)13-20(28)21-14(2)26-15(3)22(21)24(30)31-4;1-4-31-16-7-9-28(10-8-16)23(30)17-11-15(5-6-18(17)24)12-19-20-13(2)25-14(3)21(20)22(29)27-26-19;1-2-22-12-5-7-18(8-6-12)16(21)13-9-11(10-15(19)20)3-4-14(13)17/h7-8,13,18H,6,9-12,14H2,1-5H3;6-7,12,17H,5,8-11,13H2,1-4H3,(H,27,30);6-7,12,17,26H,5,8-11,13H2,1-4H3;5-6,11,16,25H,4,7-10,12H2,1-3H3,(H,27,29);3-4,9,12H,2,5-8,10H2,1H3,(H,19,20). The molecule has 38 heteroatoms. The largest absolute Gasteiger partial charge is 0.481 e. The number of carboxylic acid groups (broad SMARTS) is 1. The lowest BCUT2D eigenvalue weighted by Crippen LogP contribution is -2.41. The summed E-state index contributed by atoms with van der Waals surface area (Å²) in [4.78, 5) is 165. The fourth-order valence-corrected chi connectivity index (χ4v) is 20.3. The number of aryl methyl sites for hydroxylation is 6. The lowest BCUT2D eigenvalue weighted by molar-refractivity contribution is -0.136. The molecule has 0 bridgehead atoms. The second-order valence-electron chi connectivity index (χ2n) is 38.1. The van der Waals surface area contributed by atoms with Crippen LogP contribution in [0.15, 0.2) is 101 Å². The minimum Gasteiger partial charge on any atom is -0.481 e. The summed E-state index contributed by atoms with van der Waals surface area (Å²) in [6, 6.07) is 21.3. The van der Waals surface area contributed by atoms with Crippen LogP contribution < -0.4 is 11.1 Å². The van der Waals surface area contributed by atoms with Gasteiger partial charge >= 0.3 is 17.9 Å². The van der Waals surface area contributed by atoms with Crippen LogP contribution in [0.3, 0.4) is 0 Å². The second kappa shape index (κ2) is 52.5. The molecule has 0 spiro atoms. The third kappa shape index (κ3) is 27.4. The van der Waals surface area contributed by atoms with E-state index >= 15 is 0 Å². The van der Waals surface area contributed by atoms with Gasteiger partial charge in [-0.15, -0.1) is 0 Å². The lowest BCUT2D eigenvalue weighted by Gasteiger charge is -2.32. The minimum absolute atomic E-state index is 0.0516. The number of benzene rings is 5. The molecule has 5 saturated heterocycles. The second-order valence-corrected chi connectivity index (χ2v) is 38.1. The van der Waals surface area contributed by atoms with E-state index in [0.717, 1.165) is 89.3 Å². The normalized spacial score (nSPS) is 14.9. The van der Waals surface area contributed by atoms with Gasteiger partial charge in [0.15, 0.2) is 11.6 Å². The van der Waals surface area contributed by atoms with Crippen LogP contribution in [0.2, 0.25) is 0 Å². The highest BCUT2D eigenvalue weighted by atomic mass is 19.1. The summed E-state index contributed by atoms with van der Waals surface area (Å²) in [5.74, 6) is -7.49. The molecule has 0 radical (unpaired) electrons. The Kier molecular flexibility index (Phi) is 40.1. The summed E-state index contributed by atoms with van der Waals surface area (Å²) in [5, 5.41) is 25.2. The number of amides is 5. The van der Waals surface area contributed by atoms with Crippen molar-refractivity contribution in [1.82, 2.24) is 64.0 Å². The van der Waals surface area contributed by atoms with Crippen LogP contribution in [-0.2, 0) is 84.2 Å². The molecule has 5 aliphatic heterocycles. The lowest BCUT2D eigenvalue weighted by atomic mass is 9.97. The van der Waals surface area contributed by atoms with E-state index in [-0.39, 0.29) is 140 Å². The van der Waals surface area contributed by atoms with E-state index in [0.29, 0.717) is 199 Å². The first kappa shape index (κ1) is 115. The maximum Gasteiger partial charge on any atom is 0.340 e. The average molecular weight is 2080 g/mol. The van der Waals surface area contributed by atoms with Crippen molar-refractivity contribution >= 4 is 80.6 Å². The molecule has 0 unspecified atom stereocenters. The molecule has 6 aromatic heterocycles. The van der Waals surface area contributed by atoms with Crippen molar-refractivity contribution in [3.63, 3.8) is 0 Å². The number of Topliss-reactive ketones (excluding diaryl/α,β-unsaturated/α-hetero) is 2. The van der Waals surface area contributed by atoms with Gasteiger partial charge in [-0.05, 0) is 243 Å².